The van der Waals surface area contributed by atoms with Crippen molar-refractivity contribution in [2.75, 3.05) is 5.06 Å². The molecule has 1 aromatic carbocycles. The molecule has 1 aromatic rings. The van der Waals surface area contributed by atoms with Gasteiger partial charge in [0.25, 0.3) is 5.69 Å². The Morgan fingerprint density at radius 2 is 1.89 bits per heavy atom. The number of hydrogen-bond acceptors (Lipinski definition) is 5. The third-order valence-electron chi connectivity index (χ3n) is 3.12. The summed E-state index contributed by atoms with van der Waals surface area (Å²) in [6, 6.07) is 5.49. The molecule has 0 aromatic heterocycles. The molecule has 19 heavy (non-hydrogen) atoms. The van der Waals surface area contributed by atoms with Crippen LogP contribution < -0.4 is 5.06 Å². The maximum atomic E-state index is 10.6. The molecule has 0 fully saturated rings. The van der Waals surface area contributed by atoms with Crippen molar-refractivity contribution in [3.05, 3.63) is 46.5 Å². The Bertz CT molecular complexity index is 480. The predicted molar refractivity (Wildman–Crippen MR) is 72.3 cm³/mol. The number of rotatable bonds is 5. The molecule has 6 heteroatoms. The molecule has 0 radical (unpaired) electrons. The molecule has 0 saturated heterocycles. The van der Waals surface area contributed by atoms with Crippen molar-refractivity contribution in [3.8, 4) is 0 Å². The van der Waals surface area contributed by atoms with E-state index in [0.29, 0.717) is 11.3 Å². The lowest BCUT2D eigenvalue weighted by Crippen LogP contribution is -2.45. The monoisotopic (exact) mass is 266 g/mol. The fourth-order valence-corrected chi connectivity index (χ4v) is 1.69. The van der Waals surface area contributed by atoms with Gasteiger partial charge in [-0.2, -0.15) is 0 Å². The lowest BCUT2D eigenvalue weighted by atomic mass is 9.91. The summed E-state index contributed by atoms with van der Waals surface area (Å²) in [7, 11) is 0. The molecule has 1 rings (SSSR count). The van der Waals surface area contributed by atoms with E-state index in [2.05, 4.69) is 6.58 Å². The van der Waals surface area contributed by atoms with E-state index in [9.17, 15) is 20.4 Å². The van der Waals surface area contributed by atoms with Gasteiger partial charge >= 0.3 is 0 Å². The van der Waals surface area contributed by atoms with E-state index >= 15 is 0 Å². The van der Waals surface area contributed by atoms with Crippen LogP contribution in [0.25, 0.3) is 0 Å². The van der Waals surface area contributed by atoms with Gasteiger partial charge < -0.3 is 5.11 Å². The number of hydroxylamine groups is 1. The average molecular weight is 266 g/mol. The van der Waals surface area contributed by atoms with Gasteiger partial charge in [-0.15, -0.1) is 0 Å². The van der Waals surface area contributed by atoms with Gasteiger partial charge in [-0.05, 0) is 38.5 Å². The molecule has 1 atom stereocenters. The Kier molecular flexibility index (Phi) is 4.28. The standard InChI is InChI=1S/C13H18N2O4/c1-9(10(2)16)13(3,4)14(17)11-5-7-12(8-6-11)15(18)19/h5-8,10,16-17H,1H2,2-4H3. The van der Waals surface area contributed by atoms with E-state index in [1.54, 1.807) is 20.8 Å². The summed E-state index contributed by atoms with van der Waals surface area (Å²) in [5.41, 5.74) is -0.125. The number of nitro groups is 1. The highest BCUT2D eigenvalue weighted by molar-refractivity contribution is 5.52. The van der Waals surface area contributed by atoms with Gasteiger partial charge in [0, 0.05) is 12.1 Å². The van der Waals surface area contributed by atoms with Crippen LogP contribution in [0.3, 0.4) is 0 Å². The van der Waals surface area contributed by atoms with Crippen molar-refractivity contribution < 1.29 is 15.2 Å². The van der Waals surface area contributed by atoms with Crippen LogP contribution in [-0.4, -0.2) is 26.9 Å². The fraction of sp³-hybridized carbons (Fsp3) is 0.385. The molecule has 6 nitrogen and oxygen atoms in total. The molecule has 0 bridgehead atoms. The maximum absolute atomic E-state index is 10.6. The summed E-state index contributed by atoms with van der Waals surface area (Å²) >= 11 is 0. The lowest BCUT2D eigenvalue weighted by Gasteiger charge is -2.37. The first-order valence-corrected chi connectivity index (χ1v) is 5.79. The Morgan fingerprint density at radius 3 is 2.26 bits per heavy atom. The molecule has 2 N–H and O–H groups in total. The molecule has 0 heterocycles. The zero-order valence-electron chi connectivity index (χ0n) is 11.2. The van der Waals surface area contributed by atoms with Gasteiger partial charge in [-0.25, -0.2) is 5.06 Å². The number of anilines is 1. The summed E-state index contributed by atoms with van der Waals surface area (Å²) in [6.07, 6.45) is -0.775. The van der Waals surface area contributed by atoms with E-state index in [0.717, 1.165) is 5.06 Å². The number of nitrogens with zero attached hydrogens (tertiary/aromatic N) is 2. The summed E-state index contributed by atoms with van der Waals surface area (Å²) < 4.78 is 0. The van der Waals surface area contributed by atoms with Crippen molar-refractivity contribution in [1.82, 2.24) is 0 Å². The van der Waals surface area contributed by atoms with Gasteiger partial charge in [0.15, 0.2) is 0 Å². The van der Waals surface area contributed by atoms with Crippen molar-refractivity contribution in [3.63, 3.8) is 0 Å². The number of benzene rings is 1. The summed E-state index contributed by atoms with van der Waals surface area (Å²) in [4.78, 5) is 10.1. The summed E-state index contributed by atoms with van der Waals surface area (Å²) in [5, 5.41) is 31.2. The average Bonchev–Trinajstić information content (AvgIpc) is 2.36. The first-order valence-electron chi connectivity index (χ1n) is 5.79. The van der Waals surface area contributed by atoms with Crippen LogP contribution in [-0.2, 0) is 0 Å². The minimum Gasteiger partial charge on any atom is -0.389 e. The molecule has 0 spiro atoms. The van der Waals surface area contributed by atoms with Gasteiger partial charge in [-0.3, -0.25) is 15.3 Å². The number of non-ortho nitro benzene ring substituents is 1. The molecule has 0 amide bonds. The number of aliphatic hydroxyl groups excluding tert-OH is 1. The smallest absolute Gasteiger partial charge is 0.269 e. The Balaban J connectivity index is 3.02. The van der Waals surface area contributed by atoms with Crippen LogP contribution in [0, 0.1) is 10.1 Å². The van der Waals surface area contributed by atoms with Crippen LogP contribution >= 0.6 is 0 Å². The highest BCUT2D eigenvalue weighted by atomic mass is 16.6. The minimum atomic E-state index is -0.899. The van der Waals surface area contributed by atoms with Crippen molar-refractivity contribution >= 4 is 11.4 Å². The second-order valence-electron chi connectivity index (χ2n) is 4.85. The normalized spacial score (nSPS) is 12.9. The molecule has 0 aliphatic rings. The minimum absolute atomic E-state index is 0.0516. The Morgan fingerprint density at radius 1 is 1.42 bits per heavy atom. The first kappa shape index (κ1) is 15.1. The second kappa shape index (κ2) is 5.38. The number of hydrogen-bond donors (Lipinski definition) is 2. The van der Waals surface area contributed by atoms with Gasteiger partial charge in [0.05, 0.1) is 22.3 Å². The van der Waals surface area contributed by atoms with Crippen molar-refractivity contribution in [2.24, 2.45) is 0 Å². The third-order valence-corrected chi connectivity index (χ3v) is 3.12. The largest absolute Gasteiger partial charge is 0.389 e. The van der Waals surface area contributed by atoms with E-state index in [1.807, 2.05) is 0 Å². The van der Waals surface area contributed by atoms with E-state index in [-0.39, 0.29) is 5.69 Å². The molecular weight excluding hydrogens is 248 g/mol. The SMILES string of the molecule is C=C(C(C)O)C(C)(C)N(O)c1ccc([N+](=O)[O-])cc1. The van der Waals surface area contributed by atoms with Gasteiger partial charge in [0.2, 0.25) is 0 Å². The molecule has 0 aliphatic heterocycles. The third kappa shape index (κ3) is 3.10. The predicted octanol–water partition coefficient (Wildman–Crippen LogP) is 2.51. The maximum Gasteiger partial charge on any atom is 0.269 e. The summed E-state index contributed by atoms with van der Waals surface area (Å²) in [5.74, 6) is 0. The van der Waals surface area contributed by atoms with Crippen LogP contribution in [0.1, 0.15) is 20.8 Å². The molecule has 104 valence electrons. The van der Waals surface area contributed by atoms with Crippen molar-refractivity contribution in [2.45, 2.75) is 32.4 Å². The molecule has 0 aliphatic carbocycles. The fourth-order valence-electron chi connectivity index (χ4n) is 1.69. The van der Waals surface area contributed by atoms with Gasteiger partial charge in [0.1, 0.15) is 0 Å². The van der Waals surface area contributed by atoms with Crippen molar-refractivity contribution in [1.29, 1.82) is 0 Å². The highest BCUT2D eigenvalue weighted by Gasteiger charge is 2.31. The summed E-state index contributed by atoms with van der Waals surface area (Å²) in [6.45, 7) is 8.72. The Labute approximate surface area is 111 Å². The van der Waals surface area contributed by atoms with E-state index in [4.69, 9.17) is 0 Å². The van der Waals surface area contributed by atoms with Crippen LogP contribution in [0.5, 0.6) is 0 Å². The van der Waals surface area contributed by atoms with Crippen LogP contribution in [0.4, 0.5) is 11.4 Å². The first-order chi connectivity index (χ1) is 8.67. The van der Waals surface area contributed by atoms with Crippen LogP contribution in [0.15, 0.2) is 36.4 Å². The van der Waals surface area contributed by atoms with E-state index < -0.39 is 16.6 Å². The zero-order valence-corrected chi connectivity index (χ0v) is 11.2. The number of aliphatic hydroxyl groups is 1. The highest BCUT2D eigenvalue weighted by Crippen LogP contribution is 2.30. The topological polar surface area (TPSA) is 86.8 Å². The second-order valence-corrected chi connectivity index (χ2v) is 4.85. The molecular formula is C13H18N2O4. The molecule has 1 unspecified atom stereocenters. The number of nitro benzene ring substituents is 1. The van der Waals surface area contributed by atoms with E-state index in [1.165, 1.54) is 24.3 Å². The lowest BCUT2D eigenvalue weighted by molar-refractivity contribution is -0.384. The van der Waals surface area contributed by atoms with Gasteiger partial charge in [-0.1, -0.05) is 6.58 Å². The molecule has 0 saturated carbocycles. The quantitative estimate of drug-likeness (QED) is 0.485. The van der Waals surface area contributed by atoms with Crippen LogP contribution in [0.2, 0.25) is 0 Å². The zero-order chi connectivity index (χ0) is 14.8. The Hall–Kier alpha value is -1.92.